The van der Waals surface area contributed by atoms with Gasteiger partial charge >= 0.3 is 5.97 Å². The Labute approximate surface area is 88.3 Å². The fourth-order valence-electron chi connectivity index (χ4n) is 1.28. The summed E-state index contributed by atoms with van der Waals surface area (Å²) in [5, 5.41) is 5.54. The highest BCUT2D eigenvalue weighted by molar-refractivity contribution is 5.87. The molecular formula is C9H16N2O4. The summed E-state index contributed by atoms with van der Waals surface area (Å²) in [7, 11) is 1.28. The number of esters is 1. The maximum absolute atomic E-state index is 11.6. The molecule has 0 spiro atoms. The lowest BCUT2D eigenvalue weighted by Gasteiger charge is -2.24. The van der Waals surface area contributed by atoms with Crippen molar-refractivity contribution in [1.82, 2.24) is 10.6 Å². The molecule has 0 radical (unpaired) electrons. The number of hydrogen-bond acceptors (Lipinski definition) is 5. The van der Waals surface area contributed by atoms with Crippen LogP contribution in [0, 0.1) is 0 Å². The standard InChI is InChI=1S/C9H16N2O4/c1-6(9(13)14-2)11-8(12)7-5-15-4-3-10-7/h6-7,10H,3-5H2,1-2H3,(H,11,12)/t6-,7?/m0/s1. The quantitative estimate of drug-likeness (QED) is 0.571. The Kier molecular flexibility index (Phi) is 4.51. The molecule has 1 saturated heterocycles. The number of carbonyl (C=O) groups excluding carboxylic acids is 2. The molecule has 1 unspecified atom stereocenters. The zero-order valence-corrected chi connectivity index (χ0v) is 8.91. The van der Waals surface area contributed by atoms with Gasteiger partial charge in [0.25, 0.3) is 0 Å². The summed E-state index contributed by atoms with van der Waals surface area (Å²) in [5.74, 6) is -0.701. The van der Waals surface area contributed by atoms with E-state index in [4.69, 9.17) is 4.74 Å². The minimum Gasteiger partial charge on any atom is -0.467 e. The Morgan fingerprint density at radius 3 is 2.87 bits per heavy atom. The highest BCUT2D eigenvalue weighted by Crippen LogP contribution is 1.95. The van der Waals surface area contributed by atoms with Crippen LogP contribution in [0.3, 0.4) is 0 Å². The van der Waals surface area contributed by atoms with E-state index in [0.29, 0.717) is 19.8 Å². The van der Waals surface area contributed by atoms with Crippen LogP contribution in [0.15, 0.2) is 0 Å². The molecule has 1 aliphatic rings. The molecule has 0 aromatic carbocycles. The molecule has 1 aliphatic heterocycles. The average molecular weight is 216 g/mol. The van der Waals surface area contributed by atoms with Crippen LogP contribution < -0.4 is 10.6 Å². The largest absolute Gasteiger partial charge is 0.467 e. The molecule has 15 heavy (non-hydrogen) atoms. The van der Waals surface area contributed by atoms with E-state index in [1.54, 1.807) is 6.92 Å². The van der Waals surface area contributed by atoms with Crippen molar-refractivity contribution in [2.45, 2.75) is 19.0 Å². The molecule has 1 fully saturated rings. The highest BCUT2D eigenvalue weighted by Gasteiger charge is 2.24. The Balaban J connectivity index is 2.36. The molecule has 0 saturated carbocycles. The molecule has 6 heteroatoms. The monoisotopic (exact) mass is 216 g/mol. The van der Waals surface area contributed by atoms with Crippen LogP contribution in [-0.2, 0) is 19.1 Å². The molecule has 0 aromatic heterocycles. The molecule has 2 atom stereocenters. The highest BCUT2D eigenvalue weighted by atomic mass is 16.5. The first-order valence-corrected chi connectivity index (χ1v) is 4.84. The van der Waals surface area contributed by atoms with Gasteiger partial charge < -0.3 is 20.1 Å². The van der Waals surface area contributed by atoms with E-state index in [2.05, 4.69) is 15.4 Å². The van der Waals surface area contributed by atoms with E-state index in [1.165, 1.54) is 7.11 Å². The van der Waals surface area contributed by atoms with Gasteiger partial charge in [-0.1, -0.05) is 0 Å². The number of rotatable bonds is 3. The third-order valence-corrected chi connectivity index (χ3v) is 2.15. The molecule has 86 valence electrons. The third kappa shape index (κ3) is 3.49. The molecule has 0 aromatic rings. The molecule has 2 N–H and O–H groups in total. The van der Waals surface area contributed by atoms with Gasteiger partial charge in [-0.15, -0.1) is 0 Å². The van der Waals surface area contributed by atoms with Crippen LogP contribution in [0.2, 0.25) is 0 Å². The van der Waals surface area contributed by atoms with E-state index in [1.807, 2.05) is 0 Å². The van der Waals surface area contributed by atoms with Crippen molar-refractivity contribution in [2.75, 3.05) is 26.9 Å². The van der Waals surface area contributed by atoms with E-state index >= 15 is 0 Å². The minimum absolute atomic E-state index is 0.243. The van der Waals surface area contributed by atoms with Gasteiger partial charge in [0, 0.05) is 6.54 Å². The van der Waals surface area contributed by atoms with Crippen molar-refractivity contribution in [1.29, 1.82) is 0 Å². The number of nitrogens with one attached hydrogen (secondary N) is 2. The van der Waals surface area contributed by atoms with Crippen molar-refractivity contribution in [2.24, 2.45) is 0 Å². The summed E-state index contributed by atoms with van der Waals surface area (Å²) in [6.45, 7) is 3.16. The second-order valence-corrected chi connectivity index (χ2v) is 3.34. The van der Waals surface area contributed by atoms with Gasteiger partial charge in [-0.3, -0.25) is 4.79 Å². The number of hydrogen-bond donors (Lipinski definition) is 2. The molecule has 0 bridgehead atoms. The maximum atomic E-state index is 11.6. The number of morpholine rings is 1. The van der Waals surface area contributed by atoms with Crippen molar-refractivity contribution in [3.8, 4) is 0 Å². The summed E-state index contributed by atoms with van der Waals surface area (Å²) in [6.07, 6.45) is 0. The van der Waals surface area contributed by atoms with Crippen LogP contribution in [0.1, 0.15) is 6.92 Å². The van der Waals surface area contributed by atoms with Gasteiger partial charge in [0.05, 0.1) is 20.3 Å². The van der Waals surface area contributed by atoms with Gasteiger partial charge in [-0.05, 0) is 6.92 Å². The lowest BCUT2D eigenvalue weighted by Crippen LogP contribution is -2.54. The van der Waals surface area contributed by atoms with Crippen LogP contribution in [0.4, 0.5) is 0 Å². The lowest BCUT2D eigenvalue weighted by molar-refractivity contribution is -0.145. The SMILES string of the molecule is COC(=O)[C@H](C)NC(=O)C1COCCN1. The molecule has 1 amide bonds. The van der Waals surface area contributed by atoms with Crippen LogP contribution in [0.5, 0.6) is 0 Å². The molecule has 0 aliphatic carbocycles. The number of amides is 1. The zero-order valence-electron chi connectivity index (χ0n) is 8.91. The van der Waals surface area contributed by atoms with Crippen LogP contribution in [-0.4, -0.2) is 50.8 Å². The Hall–Kier alpha value is -1.14. The predicted molar refractivity (Wildman–Crippen MR) is 52.2 cm³/mol. The van der Waals surface area contributed by atoms with Crippen LogP contribution in [0.25, 0.3) is 0 Å². The van der Waals surface area contributed by atoms with Gasteiger partial charge in [-0.25, -0.2) is 4.79 Å². The summed E-state index contributed by atoms with van der Waals surface area (Å²) < 4.78 is 9.63. The second kappa shape index (κ2) is 5.67. The number of ether oxygens (including phenoxy) is 2. The van der Waals surface area contributed by atoms with E-state index in [0.717, 1.165) is 0 Å². The Morgan fingerprint density at radius 2 is 2.33 bits per heavy atom. The first-order valence-electron chi connectivity index (χ1n) is 4.84. The normalized spacial score (nSPS) is 22.9. The first-order chi connectivity index (χ1) is 7.15. The van der Waals surface area contributed by atoms with Crippen molar-refractivity contribution >= 4 is 11.9 Å². The molecule has 1 rings (SSSR count). The molecule has 6 nitrogen and oxygen atoms in total. The summed E-state index contributed by atoms with van der Waals surface area (Å²) in [4.78, 5) is 22.6. The predicted octanol–water partition coefficient (Wildman–Crippen LogP) is -1.35. The summed E-state index contributed by atoms with van der Waals surface area (Å²) in [6, 6.07) is -1.02. The van der Waals surface area contributed by atoms with Gasteiger partial charge in [-0.2, -0.15) is 0 Å². The molecule has 1 heterocycles. The van der Waals surface area contributed by atoms with Crippen LogP contribution >= 0.6 is 0 Å². The van der Waals surface area contributed by atoms with Crippen molar-refractivity contribution < 1.29 is 19.1 Å². The first kappa shape index (κ1) is 11.9. The Bertz CT molecular complexity index is 238. The molecular weight excluding hydrogens is 200 g/mol. The van der Waals surface area contributed by atoms with Crippen molar-refractivity contribution in [3.05, 3.63) is 0 Å². The zero-order chi connectivity index (χ0) is 11.3. The third-order valence-electron chi connectivity index (χ3n) is 2.15. The Morgan fingerprint density at radius 1 is 1.60 bits per heavy atom. The summed E-state index contributed by atoms with van der Waals surface area (Å²) in [5.41, 5.74) is 0. The van der Waals surface area contributed by atoms with Crippen molar-refractivity contribution in [3.63, 3.8) is 0 Å². The smallest absolute Gasteiger partial charge is 0.328 e. The lowest BCUT2D eigenvalue weighted by atomic mass is 10.2. The summed E-state index contributed by atoms with van der Waals surface area (Å²) >= 11 is 0. The van der Waals surface area contributed by atoms with E-state index in [9.17, 15) is 9.59 Å². The maximum Gasteiger partial charge on any atom is 0.328 e. The fraction of sp³-hybridized carbons (Fsp3) is 0.778. The van der Waals surface area contributed by atoms with Gasteiger partial charge in [0.1, 0.15) is 12.1 Å². The number of carbonyl (C=O) groups is 2. The van der Waals surface area contributed by atoms with Gasteiger partial charge in [0.15, 0.2) is 0 Å². The van der Waals surface area contributed by atoms with E-state index < -0.39 is 12.0 Å². The average Bonchev–Trinajstić information content (AvgIpc) is 2.29. The number of methoxy groups -OCH3 is 1. The topological polar surface area (TPSA) is 76.7 Å². The second-order valence-electron chi connectivity index (χ2n) is 3.34. The minimum atomic E-state index is -0.633. The van der Waals surface area contributed by atoms with Gasteiger partial charge in [0.2, 0.25) is 5.91 Å². The fourth-order valence-corrected chi connectivity index (χ4v) is 1.28. The van der Waals surface area contributed by atoms with E-state index in [-0.39, 0.29) is 11.9 Å².